The number of benzene rings is 1. The van der Waals surface area contributed by atoms with E-state index in [1.54, 1.807) is 10.9 Å². The summed E-state index contributed by atoms with van der Waals surface area (Å²) in [5.41, 5.74) is 3.38. The first-order valence-electron chi connectivity index (χ1n) is 6.45. The van der Waals surface area contributed by atoms with Gasteiger partial charge < -0.3 is 5.11 Å². The van der Waals surface area contributed by atoms with Crippen LogP contribution in [0.15, 0.2) is 36.7 Å². The topological polar surface area (TPSA) is 38.0 Å². The van der Waals surface area contributed by atoms with Gasteiger partial charge in [-0.2, -0.15) is 5.10 Å². The Balaban J connectivity index is 2.02. The van der Waals surface area contributed by atoms with Crippen LogP contribution in [-0.4, -0.2) is 14.9 Å². The van der Waals surface area contributed by atoms with Gasteiger partial charge in [-0.05, 0) is 30.0 Å². The normalized spacial score (nSPS) is 12.6. The van der Waals surface area contributed by atoms with E-state index in [1.165, 1.54) is 5.56 Å². The molecule has 1 aromatic heterocycles. The molecule has 1 atom stereocenters. The van der Waals surface area contributed by atoms with E-state index in [1.807, 2.05) is 25.3 Å². The predicted octanol–water partition coefficient (Wildman–Crippen LogP) is 2.88. The maximum Gasteiger partial charge on any atom is 0.0985 e. The molecule has 18 heavy (non-hydrogen) atoms. The van der Waals surface area contributed by atoms with Gasteiger partial charge in [0.2, 0.25) is 0 Å². The lowest BCUT2D eigenvalue weighted by molar-refractivity contribution is 0.151. The van der Waals surface area contributed by atoms with E-state index in [4.69, 9.17) is 0 Å². The Morgan fingerprint density at radius 3 is 2.56 bits per heavy atom. The molecule has 0 saturated heterocycles. The molecule has 2 aromatic rings. The van der Waals surface area contributed by atoms with E-state index in [0.29, 0.717) is 6.54 Å². The van der Waals surface area contributed by atoms with Crippen molar-refractivity contribution in [3.05, 3.63) is 53.3 Å². The Morgan fingerprint density at radius 2 is 2.00 bits per heavy atom. The Bertz CT molecular complexity index is 487. The monoisotopic (exact) mass is 244 g/mol. The van der Waals surface area contributed by atoms with Crippen LogP contribution in [0.2, 0.25) is 0 Å². The minimum absolute atomic E-state index is 0.500. The lowest BCUT2D eigenvalue weighted by Gasteiger charge is -2.11. The van der Waals surface area contributed by atoms with E-state index in [2.05, 4.69) is 24.2 Å². The van der Waals surface area contributed by atoms with E-state index in [-0.39, 0.29) is 0 Å². The molecule has 0 radical (unpaired) electrons. The van der Waals surface area contributed by atoms with Crippen LogP contribution in [0.5, 0.6) is 0 Å². The van der Waals surface area contributed by atoms with Gasteiger partial charge in [-0.1, -0.05) is 37.6 Å². The molecule has 0 bridgehead atoms. The van der Waals surface area contributed by atoms with Crippen LogP contribution in [0.3, 0.4) is 0 Å². The highest BCUT2D eigenvalue weighted by Crippen LogP contribution is 2.16. The van der Waals surface area contributed by atoms with Gasteiger partial charge in [0, 0.05) is 6.20 Å². The van der Waals surface area contributed by atoms with Crippen molar-refractivity contribution in [2.24, 2.45) is 0 Å². The van der Waals surface area contributed by atoms with Gasteiger partial charge in [-0.15, -0.1) is 0 Å². The fraction of sp³-hybridized carbons (Fsp3) is 0.400. The Labute approximate surface area is 108 Å². The van der Waals surface area contributed by atoms with Crippen molar-refractivity contribution in [2.45, 2.75) is 39.3 Å². The predicted molar refractivity (Wildman–Crippen MR) is 72.4 cm³/mol. The molecule has 0 saturated carbocycles. The number of hydrogen-bond acceptors (Lipinski definition) is 2. The summed E-state index contributed by atoms with van der Waals surface area (Å²) in [5, 5.41) is 14.3. The van der Waals surface area contributed by atoms with Crippen molar-refractivity contribution in [3.63, 3.8) is 0 Å². The highest BCUT2D eigenvalue weighted by atomic mass is 16.3. The summed E-state index contributed by atoms with van der Waals surface area (Å²) in [6.45, 7) is 4.67. The van der Waals surface area contributed by atoms with Crippen LogP contribution in [0, 0.1) is 6.92 Å². The van der Waals surface area contributed by atoms with Crippen LogP contribution in [-0.2, 0) is 13.0 Å². The van der Waals surface area contributed by atoms with Crippen LogP contribution in [0.4, 0.5) is 0 Å². The minimum atomic E-state index is -0.500. The zero-order valence-electron chi connectivity index (χ0n) is 11.0. The molecule has 1 N–H and O–H groups in total. The number of hydrogen-bond donors (Lipinski definition) is 1. The molecule has 1 heterocycles. The van der Waals surface area contributed by atoms with E-state index in [9.17, 15) is 5.11 Å². The fourth-order valence-electron chi connectivity index (χ4n) is 2.04. The minimum Gasteiger partial charge on any atom is -0.386 e. The molecule has 0 aliphatic rings. The van der Waals surface area contributed by atoms with E-state index in [0.717, 1.165) is 24.0 Å². The second kappa shape index (κ2) is 5.83. The van der Waals surface area contributed by atoms with Crippen LogP contribution < -0.4 is 0 Å². The molecular weight excluding hydrogens is 224 g/mol. The van der Waals surface area contributed by atoms with E-state index < -0.39 is 6.10 Å². The quantitative estimate of drug-likeness (QED) is 0.878. The molecule has 0 amide bonds. The van der Waals surface area contributed by atoms with Crippen LogP contribution in [0.1, 0.15) is 36.1 Å². The molecule has 96 valence electrons. The summed E-state index contributed by atoms with van der Waals surface area (Å²) < 4.78 is 1.78. The second-order valence-corrected chi connectivity index (χ2v) is 4.75. The third-order valence-electron chi connectivity index (χ3n) is 3.03. The van der Waals surface area contributed by atoms with Gasteiger partial charge in [0.15, 0.2) is 0 Å². The summed E-state index contributed by atoms with van der Waals surface area (Å²) in [4.78, 5) is 0. The molecule has 1 aromatic carbocycles. The van der Waals surface area contributed by atoms with Crippen LogP contribution >= 0.6 is 0 Å². The van der Waals surface area contributed by atoms with Crippen molar-refractivity contribution >= 4 is 0 Å². The smallest absolute Gasteiger partial charge is 0.0985 e. The van der Waals surface area contributed by atoms with Gasteiger partial charge in [0.25, 0.3) is 0 Å². The third-order valence-corrected chi connectivity index (χ3v) is 3.03. The second-order valence-electron chi connectivity index (χ2n) is 4.75. The van der Waals surface area contributed by atoms with Crippen LogP contribution in [0.25, 0.3) is 0 Å². The first-order chi connectivity index (χ1) is 8.69. The summed E-state index contributed by atoms with van der Waals surface area (Å²) in [6.07, 6.45) is 5.48. The molecular formula is C15H20N2O. The number of aromatic nitrogens is 2. The number of aliphatic hydroxyl groups excluding tert-OH is 1. The highest BCUT2D eigenvalue weighted by molar-refractivity contribution is 5.24. The maximum absolute atomic E-state index is 10.1. The molecule has 0 fully saturated rings. The summed E-state index contributed by atoms with van der Waals surface area (Å²) in [7, 11) is 0. The van der Waals surface area contributed by atoms with E-state index >= 15 is 0 Å². The largest absolute Gasteiger partial charge is 0.386 e. The van der Waals surface area contributed by atoms with Crippen molar-refractivity contribution < 1.29 is 5.11 Å². The SMILES string of the molecule is CCCc1ccc(C(O)Cn2cc(C)cn2)cc1. The molecule has 3 nitrogen and oxygen atoms in total. The molecule has 3 heteroatoms. The number of nitrogens with zero attached hydrogens (tertiary/aromatic N) is 2. The third kappa shape index (κ3) is 3.20. The summed E-state index contributed by atoms with van der Waals surface area (Å²) in [5.74, 6) is 0. The molecule has 2 rings (SSSR count). The van der Waals surface area contributed by atoms with Gasteiger partial charge in [-0.3, -0.25) is 4.68 Å². The van der Waals surface area contributed by atoms with Gasteiger partial charge in [-0.25, -0.2) is 0 Å². The van der Waals surface area contributed by atoms with Crippen molar-refractivity contribution in [2.75, 3.05) is 0 Å². The first kappa shape index (κ1) is 12.8. The van der Waals surface area contributed by atoms with Crippen molar-refractivity contribution in [3.8, 4) is 0 Å². The molecule has 0 aliphatic heterocycles. The number of rotatable bonds is 5. The standard InChI is InChI=1S/C15H20N2O/c1-3-4-13-5-7-14(8-6-13)15(18)11-17-10-12(2)9-16-17/h5-10,15,18H,3-4,11H2,1-2H3. The van der Waals surface area contributed by atoms with Gasteiger partial charge in [0.05, 0.1) is 18.8 Å². The average molecular weight is 244 g/mol. The summed E-state index contributed by atoms with van der Waals surface area (Å²) in [6, 6.07) is 8.20. The molecule has 1 unspecified atom stereocenters. The lowest BCUT2D eigenvalue weighted by atomic mass is 10.0. The first-order valence-corrected chi connectivity index (χ1v) is 6.45. The zero-order valence-corrected chi connectivity index (χ0v) is 11.0. The Kier molecular flexibility index (Phi) is 4.15. The highest BCUT2D eigenvalue weighted by Gasteiger charge is 2.08. The fourth-order valence-corrected chi connectivity index (χ4v) is 2.04. The zero-order chi connectivity index (χ0) is 13.0. The lowest BCUT2D eigenvalue weighted by Crippen LogP contribution is -2.09. The average Bonchev–Trinajstić information content (AvgIpc) is 2.76. The Morgan fingerprint density at radius 1 is 1.28 bits per heavy atom. The van der Waals surface area contributed by atoms with Crippen molar-refractivity contribution in [1.29, 1.82) is 0 Å². The summed E-state index contributed by atoms with van der Waals surface area (Å²) >= 11 is 0. The van der Waals surface area contributed by atoms with Gasteiger partial charge >= 0.3 is 0 Å². The number of aliphatic hydroxyl groups is 1. The number of aryl methyl sites for hydroxylation is 2. The molecule has 0 aliphatic carbocycles. The maximum atomic E-state index is 10.1. The van der Waals surface area contributed by atoms with Gasteiger partial charge in [0.1, 0.15) is 0 Å². The van der Waals surface area contributed by atoms with Crippen molar-refractivity contribution in [1.82, 2.24) is 9.78 Å². The molecule has 0 spiro atoms. The Hall–Kier alpha value is -1.61.